The smallest absolute Gasteiger partial charge is 0.295 e. The van der Waals surface area contributed by atoms with Gasteiger partial charge in [0.25, 0.3) is 5.91 Å². The van der Waals surface area contributed by atoms with E-state index in [9.17, 15) is 9.59 Å². The maximum Gasteiger partial charge on any atom is 0.295 e. The van der Waals surface area contributed by atoms with Crippen LogP contribution in [0.1, 0.15) is 51.3 Å². The Hall–Kier alpha value is -4.36. The molecule has 2 heterocycles. The lowest BCUT2D eigenvalue weighted by molar-refractivity contribution is 0.0971. The first-order chi connectivity index (χ1) is 19.9. The summed E-state index contributed by atoms with van der Waals surface area (Å²) in [6.45, 7) is 6.62. The van der Waals surface area contributed by atoms with Crippen molar-refractivity contribution in [3.8, 4) is 11.5 Å². The molecule has 0 spiro atoms. The summed E-state index contributed by atoms with van der Waals surface area (Å²) in [7, 11) is 0. The van der Waals surface area contributed by atoms with Crippen LogP contribution < -0.4 is 19.8 Å². The monoisotopic (exact) mass is 609 g/mol. The van der Waals surface area contributed by atoms with E-state index >= 15 is 0 Å². The Bertz CT molecular complexity index is 1830. The summed E-state index contributed by atoms with van der Waals surface area (Å²) in [5, 5.41) is 0.454. The normalized spacial score (nSPS) is 14.4. The number of rotatable bonds is 7. The van der Waals surface area contributed by atoms with Crippen LogP contribution in [0.25, 0.3) is 11.0 Å². The zero-order chi connectivity index (χ0) is 28.7. The lowest BCUT2D eigenvalue weighted by atomic mass is 9.97. The van der Waals surface area contributed by atoms with E-state index in [2.05, 4.69) is 15.9 Å². The highest BCUT2D eigenvalue weighted by atomic mass is 79.9. The second kappa shape index (κ2) is 10.9. The van der Waals surface area contributed by atoms with Gasteiger partial charge in [-0.05, 0) is 91.6 Å². The SMILES string of the molecule is CCOc1cc(C2c3c(oc4cc(C)c(C)cc4c3=O)C(=O)N2c2ccc(Br)cc2)ccc1OCc1ccccc1. The second-order valence-electron chi connectivity index (χ2n) is 10.1. The van der Waals surface area contributed by atoms with Crippen molar-refractivity contribution in [2.45, 2.75) is 33.4 Å². The van der Waals surface area contributed by atoms with Crippen molar-refractivity contribution in [3.05, 3.63) is 133 Å². The van der Waals surface area contributed by atoms with E-state index in [1.165, 1.54) is 0 Å². The average Bonchev–Trinajstić information content (AvgIpc) is 3.27. The molecular formula is C34H28BrNO5. The number of hydrogen-bond donors (Lipinski definition) is 0. The summed E-state index contributed by atoms with van der Waals surface area (Å²) < 4.78 is 19.2. The molecule has 1 aliphatic rings. The number of benzene rings is 4. The fourth-order valence-corrected chi connectivity index (χ4v) is 5.49. The fourth-order valence-electron chi connectivity index (χ4n) is 5.23. The zero-order valence-corrected chi connectivity index (χ0v) is 24.5. The molecule has 1 aromatic heterocycles. The molecule has 6 nitrogen and oxygen atoms in total. The van der Waals surface area contributed by atoms with Crippen LogP contribution in [0, 0.1) is 13.8 Å². The second-order valence-corrected chi connectivity index (χ2v) is 11.0. The Morgan fingerprint density at radius 1 is 0.854 bits per heavy atom. The number of aryl methyl sites for hydroxylation is 2. The number of fused-ring (bicyclic) bond motifs is 2. The van der Waals surface area contributed by atoms with Gasteiger partial charge in [-0.15, -0.1) is 0 Å². The Kier molecular flexibility index (Phi) is 7.14. The van der Waals surface area contributed by atoms with E-state index in [1.807, 2.05) is 106 Å². The number of carbonyl (C=O) groups excluding carboxylic acids is 1. The fraction of sp³-hybridized carbons (Fsp3) is 0.176. The number of ether oxygens (including phenoxy) is 2. The van der Waals surface area contributed by atoms with Gasteiger partial charge in [0.2, 0.25) is 5.76 Å². The lowest BCUT2D eigenvalue weighted by Crippen LogP contribution is -2.29. The molecule has 4 aromatic carbocycles. The number of halogens is 1. The highest BCUT2D eigenvalue weighted by Gasteiger charge is 2.44. The topological polar surface area (TPSA) is 69.0 Å². The molecule has 0 N–H and O–H groups in total. The summed E-state index contributed by atoms with van der Waals surface area (Å²) in [4.78, 5) is 29.7. The Morgan fingerprint density at radius 2 is 1.59 bits per heavy atom. The minimum absolute atomic E-state index is 0.0565. The minimum Gasteiger partial charge on any atom is -0.490 e. The van der Waals surface area contributed by atoms with E-state index in [4.69, 9.17) is 13.9 Å². The molecule has 6 rings (SSSR count). The van der Waals surface area contributed by atoms with Crippen LogP contribution in [0.2, 0.25) is 0 Å². The summed E-state index contributed by atoms with van der Waals surface area (Å²) in [5.41, 5.74) is 4.86. The van der Waals surface area contributed by atoms with Gasteiger partial charge in [-0.2, -0.15) is 0 Å². The van der Waals surface area contributed by atoms with Crippen LogP contribution in [-0.4, -0.2) is 12.5 Å². The van der Waals surface area contributed by atoms with Gasteiger partial charge in [0.15, 0.2) is 16.9 Å². The predicted octanol–water partition coefficient (Wildman–Crippen LogP) is 7.90. The molecule has 206 valence electrons. The molecule has 1 amide bonds. The number of nitrogens with zero attached hydrogens (tertiary/aromatic N) is 1. The highest BCUT2D eigenvalue weighted by Crippen LogP contribution is 2.43. The van der Waals surface area contributed by atoms with E-state index < -0.39 is 6.04 Å². The van der Waals surface area contributed by atoms with Gasteiger partial charge in [-0.25, -0.2) is 0 Å². The van der Waals surface area contributed by atoms with Crippen LogP contribution in [0.15, 0.2) is 98.6 Å². The van der Waals surface area contributed by atoms with Gasteiger partial charge in [0.1, 0.15) is 12.2 Å². The molecule has 1 atom stereocenters. The van der Waals surface area contributed by atoms with Crippen LogP contribution >= 0.6 is 15.9 Å². The zero-order valence-electron chi connectivity index (χ0n) is 22.9. The van der Waals surface area contributed by atoms with Crippen molar-refractivity contribution >= 4 is 38.5 Å². The first-order valence-corrected chi connectivity index (χ1v) is 14.3. The molecule has 0 saturated heterocycles. The Labute approximate surface area is 246 Å². The van der Waals surface area contributed by atoms with E-state index in [0.717, 1.165) is 21.2 Å². The van der Waals surface area contributed by atoms with Crippen molar-refractivity contribution in [3.63, 3.8) is 0 Å². The summed E-state index contributed by atoms with van der Waals surface area (Å²) in [6, 6.07) is 25.8. The third kappa shape index (κ3) is 4.91. The van der Waals surface area contributed by atoms with Crippen molar-refractivity contribution in [2.24, 2.45) is 0 Å². The maximum atomic E-state index is 14.1. The number of amides is 1. The van der Waals surface area contributed by atoms with Gasteiger partial charge in [0, 0.05) is 10.2 Å². The maximum absolute atomic E-state index is 14.1. The van der Waals surface area contributed by atoms with Gasteiger partial charge in [-0.1, -0.05) is 52.3 Å². The molecule has 41 heavy (non-hydrogen) atoms. The van der Waals surface area contributed by atoms with Crippen molar-refractivity contribution in [2.75, 3.05) is 11.5 Å². The molecule has 7 heteroatoms. The molecule has 1 unspecified atom stereocenters. The van der Waals surface area contributed by atoms with E-state index in [0.29, 0.717) is 52.5 Å². The van der Waals surface area contributed by atoms with Crippen molar-refractivity contribution in [1.82, 2.24) is 0 Å². The van der Waals surface area contributed by atoms with Crippen LogP contribution in [0.5, 0.6) is 11.5 Å². The molecule has 0 saturated carbocycles. The van der Waals surface area contributed by atoms with Crippen molar-refractivity contribution < 1.29 is 18.7 Å². The van der Waals surface area contributed by atoms with E-state index in [-0.39, 0.29) is 17.1 Å². The molecule has 0 radical (unpaired) electrons. The van der Waals surface area contributed by atoms with Gasteiger partial charge in [0.05, 0.1) is 23.6 Å². The third-order valence-electron chi connectivity index (χ3n) is 7.41. The Balaban J connectivity index is 1.51. The van der Waals surface area contributed by atoms with Gasteiger partial charge >= 0.3 is 0 Å². The molecule has 5 aromatic rings. The standard InChI is InChI=1S/C34H28BrNO5/c1-4-39-29-18-23(10-15-27(29)40-19-22-8-6-5-7-9-22)31-30-32(37)26-16-20(2)21(3)17-28(26)41-33(30)34(38)36(31)25-13-11-24(35)12-14-25/h5-18,31H,4,19H2,1-3H3. The third-order valence-corrected chi connectivity index (χ3v) is 7.94. The number of anilines is 1. The van der Waals surface area contributed by atoms with Gasteiger partial charge in [-0.3, -0.25) is 14.5 Å². The molecule has 0 fully saturated rings. The molecule has 0 aliphatic carbocycles. The minimum atomic E-state index is -0.719. The quantitative estimate of drug-likeness (QED) is 0.187. The van der Waals surface area contributed by atoms with Crippen molar-refractivity contribution in [1.29, 1.82) is 0 Å². The molecular weight excluding hydrogens is 582 g/mol. The number of carbonyl (C=O) groups is 1. The van der Waals surface area contributed by atoms with Gasteiger partial charge < -0.3 is 13.9 Å². The number of hydrogen-bond acceptors (Lipinski definition) is 5. The Morgan fingerprint density at radius 3 is 2.32 bits per heavy atom. The summed E-state index contributed by atoms with van der Waals surface area (Å²) in [5.74, 6) is 0.804. The summed E-state index contributed by atoms with van der Waals surface area (Å²) in [6.07, 6.45) is 0. The summed E-state index contributed by atoms with van der Waals surface area (Å²) >= 11 is 3.48. The average molecular weight is 611 g/mol. The van der Waals surface area contributed by atoms with Crippen LogP contribution in [-0.2, 0) is 6.61 Å². The molecule has 1 aliphatic heterocycles. The largest absolute Gasteiger partial charge is 0.490 e. The first kappa shape index (κ1) is 26.8. The first-order valence-electron chi connectivity index (χ1n) is 13.5. The highest BCUT2D eigenvalue weighted by molar-refractivity contribution is 9.10. The van der Waals surface area contributed by atoms with Crippen LogP contribution in [0.4, 0.5) is 5.69 Å². The predicted molar refractivity (Wildman–Crippen MR) is 163 cm³/mol. The lowest BCUT2D eigenvalue weighted by Gasteiger charge is -2.26. The van der Waals surface area contributed by atoms with Crippen LogP contribution in [0.3, 0.4) is 0 Å². The molecule has 0 bridgehead atoms. The van der Waals surface area contributed by atoms with E-state index in [1.54, 1.807) is 4.90 Å².